The highest BCUT2D eigenvalue weighted by Gasteiger charge is 2.28. The number of methoxy groups -OCH3 is 1. The fourth-order valence-electron chi connectivity index (χ4n) is 3.10. The minimum atomic E-state index is -0.290. The van der Waals surface area contributed by atoms with E-state index in [1.165, 1.54) is 12.1 Å². The lowest BCUT2D eigenvalue weighted by Gasteiger charge is -2.28. The second-order valence-corrected chi connectivity index (χ2v) is 6.60. The second kappa shape index (κ2) is 8.75. The van der Waals surface area contributed by atoms with Gasteiger partial charge in [-0.3, -0.25) is 4.79 Å². The van der Waals surface area contributed by atoms with Gasteiger partial charge in [0.1, 0.15) is 29.7 Å². The maximum Gasteiger partial charge on any atom is 0.229 e. The van der Waals surface area contributed by atoms with Crippen LogP contribution in [-0.4, -0.2) is 44.7 Å². The maximum atomic E-state index is 12.9. The normalized spacial score (nSPS) is 15.4. The highest BCUT2D eigenvalue weighted by Crippen LogP contribution is 2.31. The minimum Gasteiger partial charge on any atom is -0.497 e. The fraction of sp³-hybridized carbons (Fsp3) is 0.381. The molecule has 0 aromatic heterocycles. The number of carbonyl (C=O) groups excluding carboxylic acids is 1. The second-order valence-electron chi connectivity index (χ2n) is 6.60. The monoisotopic (exact) mass is 373 g/mol. The third kappa shape index (κ3) is 4.90. The smallest absolute Gasteiger partial charge is 0.229 e. The number of hydrogen-bond donors (Lipinski definition) is 0. The van der Waals surface area contributed by atoms with Crippen LogP contribution in [0.25, 0.3) is 0 Å². The molecule has 0 saturated carbocycles. The molecule has 6 heteroatoms. The lowest BCUT2D eigenvalue weighted by Crippen LogP contribution is -2.39. The van der Waals surface area contributed by atoms with Gasteiger partial charge in [-0.2, -0.15) is 0 Å². The molecule has 1 aliphatic heterocycles. The quantitative estimate of drug-likeness (QED) is 0.699. The molecule has 5 nitrogen and oxygen atoms in total. The molecular formula is C21H24FNO4. The van der Waals surface area contributed by atoms with E-state index in [9.17, 15) is 9.18 Å². The summed E-state index contributed by atoms with van der Waals surface area (Å²) in [7, 11) is 3.41. The molecule has 0 bridgehead atoms. The van der Waals surface area contributed by atoms with Crippen molar-refractivity contribution in [3.05, 3.63) is 53.8 Å². The molecule has 0 aliphatic carbocycles. The topological polar surface area (TPSA) is 48.0 Å². The fourth-order valence-corrected chi connectivity index (χ4v) is 3.10. The van der Waals surface area contributed by atoms with Crippen molar-refractivity contribution >= 4 is 5.91 Å². The maximum absolute atomic E-state index is 12.9. The number of benzene rings is 2. The number of nitrogens with zero attached hydrogens (tertiary/aromatic N) is 1. The zero-order valence-electron chi connectivity index (χ0n) is 15.6. The summed E-state index contributed by atoms with van der Waals surface area (Å²) in [5, 5.41) is 0. The van der Waals surface area contributed by atoms with E-state index in [1.807, 2.05) is 18.2 Å². The first-order valence-electron chi connectivity index (χ1n) is 9.00. The zero-order chi connectivity index (χ0) is 19.2. The molecular weight excluding hydrogens is 349 g/mol. The summed E-state index contributed by atoms with van der Waals surface area (Å²) in [6, 6.07) is 11.6. The number of halogens is 1. The summed E-state index contributed by atoms with van der Waals surface area (Å²) in [5.74, 6) is 1.77. The average Bonchev–Trinajstić information content (AvgIpc) is 2.70. The van der Waals surface area contributed by atoms with Crippen LogP contribution in [0.5, 0.6) is 17.2 Å². The summed E-state index contributed by atoms with van der Waals surface area (Å²) in [4.78, 5) is 14.4. The van der Waals surface area contributed by atoms with Crippen molar-refractivity contribution in [2.24, 2.45) is 5.92 Å². The molecule has 0 spiro atoms. The summed E-state index contributed by atoms with van der Waals surface area (Å²) in [5.41, 5.74) is 0.993. The van der Waals surface area contributed by atoms with E-state index in [0.29, 0.717) is 38.3 Å². The van der Waals surface area contributed by atoms with Gasteiger partial charge in [-0.1, -0.05) is 0 Å². The standard InChI is InChI=1S/C21H24FNO4/c1-23(10-3-11-26-18-6-4-17(22)5-7-18)21(24)16-12-15-13-19(25-2)8-9-20(15)27-14-16/h4-9,13,16H,3,10-12,14H2,1-2H3. The van der Waals surface area contributed by atoms with Crippen molar-refractivity contribution in [3.8, 4) is 17.2 Å². The van der Waals surface area contributed by atoms with Gasteiger partial charge in [0.05, 0.1) is 19.6 Å². The van der Waals surface area contributed by atoms with Crippen LogP contribution in [0.2, 0.25) is 0 Å². The first-order valence-corrected chi connectivity index (χ1v) is 9.00. The van der Waals surface area contributed by atoms with Crippen molar-refractivity contribution in [1.82, 2.24) is 4.90 Å². The molecule has 1 amide bonds. The van der Waals surface area contributed by atoms with Crippen LogP contribution in [-0.2, 0) is 11.2 Å². The van der Waals surface area contributed by atoms with Crippen LogP contribution in [0.15, 0.2) is 42.5 Å². The average molecular weight is 373 g/mol. The van der Waals surface area contributed by atoms with Crippen molar-refractivity contribution in [3.63, 3.8) is 0 Å². The molecule has 0 fully saturated rings. The molecule has 27 heavy (non-hydrogen) atoms. The van der Waals surface area contributed by atoms with E-state index >= 15 is 0 Å². The lowest BCUT2D eigenvalue weighted by molar-refractivity contribution is -0.135. The Bertz CT molecular complexity index is 778. The highest BCUT2D eigenvalue weighted by atomic mass is 19.1. The van der Waals surface area contributed by atoms with Gasteiger partial charge in [0.25, 0.3) is 0 Å². The molecule has 1 aliphatic rings. The van der Waals surface area contributed by atoms with E-state index in [-0.39, 0.29) is 17.6 Å². The van der Waals surface area contributed by atoms with Crippen LogP contribution in [0.4, 0.5) is 4.39 Å². The van der Waals surface area contributed by atoms with Gasteiger partial charge < -0.3 is 19.1 Å². The number of amides is 1. The van der Waals surface area contributed by atoms with Gasteiger partial charge >= 0.3 is 0 Å². The molecule has 0 saturated heterocycles. The lowest BCUT2D eigenvalue weighted by atomic mass is 9.95. The third-order valence-electron chi connectivity index (χ3n) is 4.62. The molecule has 2 aromatic carbocycles. The Morgan fingerprint density at radius 2 is 1.96 bits per heavy atom. The Morgan fingerprint density at radius 3 is 2.70 bits per heavy atom. The van der Waals surface area contributed by atoms with Gasteiger partial charge in [-0.05, 0) is 60.9 Å². The molecule has 1 unspecified atom stereocenters. The Kier molecular flexibility index (Phi) is 6.16. The largest absolute Gasteiger partial charge is 0.497 e. The number of rotatable bonds is 7. The third-order valence-corrected chi connectivity index (χ3v) is 4.62. The van der Waals surface area contributed by atoms with Crippen molar-refractivity contribution in [1.29, 1.82) is 0 Å². The first kappa shape index (κ1) is 19.0. The zero-order valence-corrected chi connectivity index (χ0v) is 15.6. The minimum absolute atomic E-state index is 0.0604. The van der Waals surface area contributed by atoms with E-state index in [0.717, 1.165) is 17.1 Å². The molecule has 0 radical (unpaired) electrons. The SMILES string of the molecule is COc1ccc2c(c1)CC(C(=O)N(C)CCCOc1ccc(F)cc1)CO2. The highest BCUT2D eigenvalue weighted by molar-refractivity contribution is 5.79. The Labute approximate surface area is 158 Å². The number of hydrogen-bond acceptors (Lipinski definition) is 4. The Morgan fingerprint density at radius 1 is 1.22 bits per heavy atom. The number of ether oxygens (including phenoxy) is 3. The van der Waals surface area contributed by atoms with E-state index in [4.69, 9.17) is 14.2 Å². The molecule has 3 rings (SSSR count). The molecule has 1 atom stereocenters. The van der Waals surface area contributed by atoms with E-state index in [1.54, 1.807) is 31.2 Å². The molecule has 0 N–H and O–H groups in total. The number of fused-ring (bicyclic) bond motifs is 1. The van der Waals surface area contributed by atoms with Crippen LogP contribution in [0.1, 0.15) is 12.0 Å². The molecule has 2 aromatic rings. The van der Waals surface area contributed by atoms with Gasteiger partial charge in [0, 0.05) is 13.6 Å². The van der Waals surface area contributed by atoms with Crippen LogP contribution >= 0.6 is 0 Å². The predicted octanol–water partition coefficient (Wildman–Crippen LogP) is 3.31. The first-order chi connectivity index (χ1) is 13.1. The summed E-state index contributed by atoms with van der Waals surface area (Å²) in [6.07, 6.45) is 1.33. The summed E-state index contributed by atoms with van der Waals surface area (Å²) in [6.45, 7) is 1.43. The number of carbonyl (C=O) groups is 1. The van der Waals surface area contributed by atoms with Gasteiger partial charge in [0.2, 0.25) is 5.91 Å². The summed E-state index contributed by atoms with van der Waals surface area (Å²) >= 11 is 0. The van der Waals surface area contributed by atoms with Crippen LogP contribution in [0.3, 0.4) is 0 Å². The Balaban J connectivity index is 1.46. The van der Waals surface area contributed by atoms with Gasteiger partial charge in [-0.15, -0.1) is 0 Å². The van der Waals surface area contributed by atoms with Crippen molar-refractivity contribution in [2.75, 3.05) is 33.9 Å². The van der Waals surface area contributed by atoms with E-state index in [2.05, 4.69) is 0 Å². The van der Waals surface area contributed by atoms with Gasteiger partial charge in [-0.25, -0.2) is 4.39 Å². The summed E-state index contributed by atoms with van der Waals surface area (Å²) < 4.78 is 29.4. The van der Waals surface area contributed by atoms with Crippen molar-refractivity contribution < 1.29 is 23.4 Å². The van der Waals surface area contributed by atoms with Crippen LogP contribution < -0.4 is 14.2 Å². The van der Waals surface area contributed by atoms with Gasteiger partial charge in [0.15, 0.2) is 0 Å². The molecule has 144 valence electrons. The Hall–Kier alpha value is -2.76. The van der Waals surface area contributed by atoms with E-state index < -0.39 is 0 Å². The molecule has 1 heterocycles. The van der Waals surface area contributed by atoms with Crippen molar-refractivity contribution in [2.45, 2.75) is 12.8 Å². The predicted molar refractivity (Wildman–Crippen MR) is 99.8 cm³/mol. The van der Waals surface area contributed by atoms with Crippen LogP contribution in [0, 0.1) is 11.7 Å².